The summed E-state index contributed by atoms with van der Waals surface area (Å²) in [5.41, 5.74) is 0.790. The Morgan fingerprint density at radius 1 is 1.19 bits per heavy atom. The summed E-state index contributed by atoms with van der Waals surface area (Å²) in [5, 5.41) is 11.3. The van der Waals surface area contributed by atoms with Crippen LogP contribution in [-0.4, -0.2) is 64.2 Å². The van der Waals surface area contributed by atoms with E-state index < -0.39 is 11.4 Å². The van der Waals surface area contributed by atoms with Gasteiger partial charge in [0.05, 0.1) is 28.4 Å². The second kappa shape index (κ2) is 10.6. The molecule has 0 radical (unpaired) electrons. The van der Waals surface area contributed by atoms with E-state index in [4.69, 9.17) is 16.3 Å². The van der Waals surface area contributed by atoms with E-state index in [2.05, 4.69) is 4.98 Å². The summed E-state index contributed by atoms with van der Waals surface area (Å²) in [6, 6.07) is 11.2. The molecule has 1 saturated heterocycles. The molecule has 2 amide bonds. The number of carbonyl (C=O) groups is 2. The predicted molar refractivity (Wildman–Crippen MR) is 141 cm³/mol. The van der Waals surface area contributed by atoms with Crippen molar-refractivity contribution >= 4 is 34.5 Å². The zero-order valence-corrected chi connectivity index (χ0v) is 22.2. The number of piperazine rings is 1. The molecule has 2 heterocycles. The molecular formula is C28H31ClFN3O4. The van der Waals surface area contributed by atoms with Gasteiger partial charge in [0.1, 0.15) is 5.82 Å². The van der Waals surface area contributed by atoms with Crippen LogP contribution in [0.3, 0.4) is 0 Å². The van der Waals surface area contributed by atoms with Crippen LogP contribution < -0.4 is 0 Å². The van der Waals surface area contributed by atoms with Crippen molar-refractivity contribution in [2.75, 3.05) is 26.2 Å². The van der Waals surface area contributed by atoms with Gasteiger partial charge in [0.25, 0.3) is 5.91 Å². The lowest BCUT2D eigenvalue weighted by Crippen LogP contribution is -2.55. The van der Waals surface area contributed by atoms with Crippen LogP contribution in [-0.2, 0) is 10.3 Å². The molecule has 0 spiro atoms. The van der Waals surface area contributed by atoms with Gasteiger partial charge < -0.3 is 19.6 Å². The molecule has 7 nitrogen and oxygen atoms in total. The van der Waals surface area contributed by atoms with Gasteiger partial charge in [0, 0.05) is 47.8 Å². The van der Waals surface area contributed by atoms with Gasteiger partial charge >= 0.3 is 6.09 Å². The molecule has 0 bridgehead atoms. The van der Waals surface area contributed by atoms with Gasteiger partial charge in [0.15, 0.2) is 0 Å². The highest BCUT2D eigenvalue weighted by Crippen LogP contribution is 2.31. The first-order valence-corrected chi connectivity index (χ1v) is 12.7. The molecule has 3 aromatic rings. The number of nitrogens with zero attached hydrogens (tertiary/aromatic N) is 3. The molecule has 4 rings (SSSR count). The van der Waals surface area contributed by atoms with E-state index in [1.165, 1.54) is 26.0 Å². The smallest absolute Gasteiger partial charge is 0.410 e. The Morgan fingerprint density at radius 2 is 1.95 bits per heavy atom. The molecule has 1 aliphatic heterocycles. The Morgan fingerprint density at radius 3 is 2.59 bits per heavy atom. The highest BCUT2D eigenvalue weighted by molar-refractivity contribution is 6.35. The monoisotopic (exact) mass is 527 g/mol. The topological polar surface area (TPSA) is 83.0 Å². The molecule has 1 N–H and O–H groups in total. The van der Waals surface area contributed by atoms with E-state index in [0.717, 1.165) is 6.42 Å². The first kappa shape index (κ1) is 26.8. The van der Waals surface area contributed by atoms with E-state index in [-0.39, 0.29) is 23.6 Å². The Hall–Kier alpha value is -3.23. The maximum Gasteiger partial charge on any atom is 0.410 e. The highest BCUT2D eigenvalue weighted by Gasteiger charge is 2.31. The number of ether oxygens (including phenoxy) is 1. The minimum Gasteiger partial charge on any atom is -0.449 e. The summed E-state index contributed by atoms with van der Waals surface area (Å²) in [6.45, 7) is 8.42. The summed E-state index contributed by atoms with van der Waals surface area (Å²) in [5.74, 6) is -0.710. The number of amides is 2. The number of pyridine rings is 1. The van der Waals surface area contributed by atoms with Crippen molar-refractivity contribution in [2.24, 2.45) is 0 Å². The van der Waals surface area contributed by atoms with Crippen LogP contribution in [0.25, 0.3) is 22.2 Å². The standard InChI is InChI=1S/C28H31ClFN3O4/c1-5-12-37-27(35)33-11-10-32(16-17(33)2)26(34)19-6-8-20-22(29)15-24(31-25(20)14-19)18-7-9-21(23(30)13-18)28(3,4)36/h6-9,13-15,17,36H,5,10-12,16H2,1-4H3/t17-/m1/s1. The van der Waals surface area contributed by atoms with E-state index in [0.29, 0.717) is 59.0 Å². The molecule has 1 atom stereocenters. The maximum absolute atomic E-state index is 14.7. The molecule has 0 aliphatic carbocycles. The lowest BCUT2D eigenvalue weighted by Gasteiger charge is -2.39. The van der Waals surface area contributed by atoms with E-state index in [1.807, 2.05) is 13.8 Å². The SMILES string of the molecule is CCCOC(=O)N1CCN(C(=O)c2ccc3c(Cl)cc(-c4ccc(C(C)(C)O)c(F)c4)nc3c2)C[C@H]1C. The number of benzene rings is 2. The van der Waals surface area contributed by atoms with Crippen LogP contribution in [0.4, 0.5) is 9.18 Å². The molecule has 1 aliphatic rings. The third-order valence-electron chi connectivity index (χ3n) is 6.51. The Kier molecular flexibility index (Phi) is 7.71. The van der Waals surface area contributed by atoms with Crippen molar-refractivity contribution in [1.29, 1.82) is 0 Å². The van der Waals surface area contributed by atoms with Crippen molar-refractivity contribution < 1.29 is 23.8 Å². The minimum atomic E-state index is -1.31. The quantitative estimate of drug-likeness (QED) is 0.466. The summed E-state index contributed by atoms with van der Waals surface area (Å²) < 4.78 is 19.9. The lowest BCUT2D eigenvalue weighted by atomic mass is 9.95. The third-order valence-corrected chi connectivity index (χ3v) is 6.82. The van der Waals surface area contributed by atoms with Crippen molar-refractivity contribution in [3.05, 3.63) is 64.4 Å². The number of hydrogen-bond donors (Lipinski definition) is 1. The number of rotatable bonds is 5. The molecule has 37 heavy (non-hydrogen) atoms. The maximum atomic E-state index is 14.7. The Bertz CT molecular complexity index is 1340. The fraction of sp³-hybridized carbons (Fsp3) is 0.393. The Labute approximate surface area is 220 Å². The van der Waals surface area contributed by atoms with Crippen LogP contribution in [0, 0.1) is 5.82 Å². The number of carbonyl (C=O) groups excluding carboxylic acids is 2. The molecule has 1 aromatic heterocycles. The van der Waals surface area contributed by atoms with Gasteiger partial charge in [-0.05, 0) is 51.5 Å². The Balaban J connectivity index is 1.58. The number of hydrogen-bond acceptors (Lipinski definition) is 5. The van der Waals surface area contributed by atoms with E-state index in [1.54, 1.807) is 40.1 Å². The summed E-state index contributed by atoms with van der Waals surface area (Å²) >= 11 is 6.52. The minimum absolute atomic E-state index is 0.167. The average molecular weight is 528 g/mol. The third kappa shape index (κ3) is 5.70. The molecule has 9 heteroatoms. The highest BCUT2D eigenvalue weighted by atomic mass is 35.5. The fourth-order valence-electron chi connectivity index (χ4n) is 4.51. The molecular weight excluding hydrogens is 497 g/mol. The lowest BCUT2D eigenvalue weighted by molar-refractivity contribution is 0.0412. The van der Waals surface area contributed by atoms with Crippen molar-refractivity contribution in [3.63, 3.8) is 0 Å². The largest absolute Gasteiger partial charge is 0.449 e. The van der Waals surface area contributed by atoms with Crippen LogP contribution in [0.2, 0.25) is 5.02 Å². The molecule has 196 valence electrons. The zero-order chi connectivity index (χ0) is 26.9. The first-order chi connectivity index (χ1) is 17.5. The normalized spacial score (nSPS) is 16.2. The second-order valence-corrected chi connectivity index (χ2v) is 10.3. The zero-order valence-electron chi connectivity index (χ0n) is 21.4. The van der Waals surface area contributed by atoms with Crippen LogP contribution in [0.5, 0.6) is 0 Å². The summed E-state index contributed by atoms with van der Waals surface area (Å²) in [4.78, 5) is 33.6. The molecule has 1 fully saturated rings. The second-order valence-electron chi connectivity index (χ2n) is 9.88. The molecule has 2 aromatic carbocycles. The average Bonchev–Trinajstić information content (AvgIpc) is 2.85. The van der Waals surface area contributed by atoms with Gasteiger partial charge in [-0.25, -0.2) is 14.2 Å². The van der Waals surface area contributed by atoms with Crippen molar-refractivity contribution in [2.45, 2.75) is 45.8 Å². The van der Waals surface area contributed by atoms with Gasteiger partial charge in [-0.3, -0.25) is 4.79 Å². The van der Waals surface area contributed by atoms with Crippen LogP contribution in [0.15, 0.2) is 42.5 Å². The van der Waals surface area contributed by atoms with Gasteiger partial charge in [-0.1, -0.05) is 36.7 Å². The first-order valence-electron chi connectivity index (χ1n) is 12.4. The van der Waals surface area contributed by atoms with Gasteiger partial charge in [0.2, 0.25) is 0 Å². The van der Waals surface area contributed by atoms with E-state index >= 15 is 0 Å². The molecule has 0 unspecified atom stereocenters. The number of aliphatic hydroxyl groups is 1. The molecule has 0 saturated carbocycles. The number of fused-ring (bicyclic) bond motifs is 1. The number of halogens is 2. The van der Waals surface area contributed by atoms with Crippen molar-refractivity contribution in [3.8, 4) is 11.3 Å². The number of aromatic nitrogens is 1. The van der Waals surface area contributed by atoms with Gasteiger partial charge in [-0.15, -0.1) is 0 Å². The fourth-order valence-corrected chi connectivity index (χ4v) is 4.77. The van der Waals surface area contributed by atoms with E-state index in [9.17, 15) is 19.1 Å². The van der Waals surface area contributed by atoms with Crippen molar-refractivity contribution in [1.82, 2.24) is 14.8 Å². The van der Waals surface area contributed by atoms with Gasteiger partial charge in [-0.2, -0.15) is 0 Å². The summed E-state index contributed by atoms with van der Waals surface area (Å²) in [7, 11) is 0. The van der Waals surface area contributed by atoms with Crippen LogP contribution in [0.1, 0.15) is 50.0 Å². The predicted octanol–water partition coefficient (Wildman–Crippen LogP) is 5.61. The summed E-state index contributed by atoms with van der Waals surface area (Å²) in [6.07, 6.45) is 0.395. The van der Waals surface area contributed by atoms with Crippen LogP contribution >= 0.6 is 11.6 Å².